The third kappa shape index (κ3) is 2.37. The molecule has 0 unspecified atom stereocenters. The number of rotatable bonds is 2. The summed E-state index contributed by atoms with van der Waals surface area (Å²) in [6, 6.07) is 2.04. The predicted octanol–water partition coefficient (Wildman–Crippen LogP) is 1.38. The maximum absolute atomic E-state index is 13.3. The Morgan fingerprint density at radius 2 is 2.00 bits per heavy atom. The number of aromatic hydroxyl groups is 2. The molecule has 0 saturated carbocycles. The van der Waals surface area contributed by atoms with Crippen molar-refractivity contribution in [2.75, 3.05) is 0 Å². The monoisotopic (exact) mass is 213 g/mol. The number of carbonyl (C=O) groups is 1. The van der Waals surface area contributed by atoms with Gasteiger partial charge in [0.25, 0.3) is 5.91 Å². The van der Waals surface area contributed by atoms with E-state index in [0.29, 0.717) is 0 Å². The summed E-state index contributed by atoms with van der Waals surface area (Å²) in [5, 5.41) is 20.5. The van der Waals surface area contributed by atoms with Crippen molar-refractivity contribution >= 4 is 5.91 Å². The number of halogens is 1. The van der Waals surface area contributed by atoms with Crippen LogP contribution in [0.25, 0.3) is 0 Å². The van der Waals surface area contributed by atoms with Gasteiger partial charge in [-0.3, -0.25) is 4.79 Å². The van der Waals surface area contributed by atoms with Gasteiger partial charge in [-0.2, -0.15) is 0 Å². The van der Waals surface area contributed by atoms with Crippen LogP contribution >= 0.6 is 0 Å². The van der Waals surface area contributed by atoms with Crippen LogP contribution in [0.3, 0.4) is 0 Å². The highest BCUT2D eigenvalue weighted by Gasteiger charge is 2.17. The molecule has 1 aromatic carbocycles. The molecule has 0 bridgehead atoms. The van der Waals surface area contributed by atoms with Gasteiger partial charge < -0.3 is 15.5 Å². The lowest BCUT2D eigenvalue weighted by molar-refractivity contribution is 0.0938. The second-order valence-corrected chi connectivity index (χ2v) is 3.42. The summed E-state index contributed by atoms with van der Waals surface area (Å²) in [6.07, 6.45) is 0. The molecule has 0 fully saturated rings. The molecule has 1 rings (SSSR count). The van der Waals surface area contributed by atoms with E-state index in [1.807, 2.05) is 0 Å². The summed E-state index contributed by atoms with van der Waals surface area (Å²) < 4.78 is 13.3. The third-order valence-corrected chi connectivity index (χ3v) is 1.76. The number of phenolic OH excluding ortho intramolecular Hbond substituents is 2. The average Bonchev–Trinajstić information content (AvgIpc) is 2.13. The molecule has 4 nitrogen and oxygen atoms in total. The van der Waals surface area contributed by atoms with E-state index in [-0.39, 0.29) is 11.6 Å². The number of amides is 1. The second-order valence-electron chi connectivity index (χ2n) is 3.42. The number of nitrogens with one attached hydrogen (secondary N) is 1. The molecular weight excluding hydrogens is 201 g/mol. The van der Waals surface area contributed by atoms with Gasteiger partial charge in [-0.05, 0) is 26.0 Å². The summed E-state index contributed by atoms with van der Waals surface area (Å²) in [5.74, 6) is -3.24. The summed E-state index contributed by atoms with van der Waals surface area (Å²) >= 11 is 0. The van der Waals surface area contributed by atoms with Gasteiger partial charge in [0, 0.05) is 6.04 Å². The van der Waals surface area contributed by atoms with Crippen LogP contribution in [0.15, 0.2) is 12.1 Å². The highest BCUT2D eigenvalue weighted by atomic mass is 19.1. The molecule has 0 aromatic heterocycles. The van der Waals surface area contributed by atoms with Crippen molar-refractivity contribution in [3.8, 4) is 11.5 Å². The Balaban J connectivity index is 3.06. The van der Waals surface area contributed by atoms with E-state index in [2.05, 4.69) is 5.32 Å². The first-order chi connectivity index (χ1) is 6.93. The lowest BCUT2D eigenvalue weighted by atomic mass is 10.1. The third-order valence-electron chi connectivity index (χ3n) is 1.76. The fourth-order valence-electron chi connectivity index (χ4n) is 1.07. The molecule has 1 aromatic rings. The van der Waals surface area contributed by atoms with Crippen LogP contribution in [0, 0.1) is 5.82 Å². The van der Waals surface area contributed by atoms with Crippen molar-refractivity contribution in [1.29, 1.82) is 0 Å². The van der Waals surface area contributed by atoms with E-state index in [1.165, 1.54) is 0 Å². The van der Waals surface area contributed by atoms with E-state index in [0.717, 1.165) is 12.1 Å². The summed E-state index contributed by atoms with van der Waals surface area (Å²) in [7, 11) is 0. The largest absolute Gasteiger partial charge is 0.504 e. The van der Waals surface area contributed by atoms with Gasteiger partial charge in [0.15, 0.2) is 17.3 Å². The lowest BCUT2D eigenvalue weighted by Crippen LogP contribution is -2.30. The van der Waals surface area contributed by atoms with Gasteiger partial charge >= 0.3 is 0 Å². The quantitative estimate of drug-likeness (QED) is 0.650. The maximum atomic E-state index is 13.3. The molecule has 0 radical (unpaired) electrons. The Morgan fingerprint density at radius 3 is 2.53 bits per heavy atom. The Bertz CT molecular complexity index is 390. The number of benzene rings is 1. The van der Waals surface area contributed by atoms with Crippen molar-refractivity contribution in [2.24, 2.45) is 0 Å². The van der Waals surface area contributed by atoms with Crippen molar-refractivity contribution in [2.45, 2.75) is 19.9 Å². The molecule has 0 atom stereocenters. The molecule has 82 valence electrons. The van der Waals surface area contributed by atoms with Crippen LogP contribution in [0.2, 0.25) is 0 Å². The Kier molecular flexibility index (Phi) is 3.14. The number of hydrogen-bond donors (Lipinski definition) is 3. The minimum Gasteiger partial charge on any atom is -0.504 e. The van der Waals surface area contributed by atoms with E-state index in [1.54, 1.807) is 13.8 Å². The molecule has 0 aliphatic rings. The number of carbonyl (C=O) groups excluding carboxylic acids is 1. The van der Waals surface area contributed by atoms with Crippen LogP contribution in [0.4, 0.5) is 4.39 Å². The Morgan fingerprint density at radius 1 is 1.40 bits per heavy atom. The molecule has 3 N–H and O–H groups in total. The minimum atomic E-state index is -1.12. The van der Waals surface area contributed by atoms with Gasteiger partial charge in [0.05, 0.1) is 5.56 Å². The van der Waals surface area contributed by atoms with Gasteiger partial charge in [0.2, 0.25) is 0 Å². The average molecular weight is 213 g/mol. The molecule has 0 aliphatic carbocycles. The second kappa shape index (κ2) is 4.16. The first kappa shape index (κ1) is 11.3. The predicted molar refractivity (Wildman–Crippen MR) is 52.3 cm³/mol. The number of hydrogen-bond acceptors (Lipinski definition) is 3. The molecule has 1 amide bonds. The normalized spacial score (nSPS) is 10.4. The standard InChI is InChI=1S/C10H12FNO3/c1-5(2)12-10(15)6-3-4-7(13)9(14)8(6)11/h3-5,13-14H,1-2H3,(H,12,15). The summed E-state index contributed by atoms with van der Waals surface area (Å²) in [4.78, 5) is 11.4. The van der Waals surface area contributed by atoms with Gasteiger partial charge in [0.1, 0.15) is 0 Å². The van der Waals surface area contributed by atoms with E-state index < -0.39 is 23.2 Å². The highest BCUT2D eigenvalue weighted by Crippen LogP contribution is 2.29. The number of phenols is 2. The molecule has 0 aliphatic heterocycles. The molecule has 0 heterocycles. The van der Waals surface area contributed by atoms with Crippen LogP contribution in [-0.2, 0) is 0 Å². The van der Waals surface area contributed by atoms with Gasteiger partial charge in [-0.25, -0.2) is 4.39 Å². The van der Waals surface area contributed by atoms with Gasteiger partial charge in [-0.15, -0.1) is 0 Å². The van der Waals surface area contributed by atoms with Crippen LogP contribution in [0.5, 0.6) is 11.5 Å². The summed E-state index contributed by atoms with van der Waals surface area (Å²) in [5.41, 5.74) is -0.293. The van der Waals surface area contributed by atoms with Gasteiger partial charge in [-0.1, -0.05) is 0 Å². The molecule has 15 heavy (non-hydrogen) atoms. The van der Waals surface area contributed by atoms with Crippen molar-refractivity contribution < 1.29 is 19.4 Å². The van der Waals surface area contributed by atoms with Crippen molar-refractivity contribution in [3.63, 3.8) is 0 Å². The molecule has 0 spiro atoms. The zero-order chi connectivity index (χ0) is 11.6. The SMILES string of the molecule is CC(C)NC(=O)c1ccc(O)c(O)c1F. The topological polar surface area (TPSA) is 69.6 Å². The zero-order valence-corrected chi connectivity index (χ0v) is 8.41. The highest BCUT2D eigenvalue weighted by molar-refractivity contribution is 5.95. The Labute approximate surface area is 86.4 Å². The smallest absolute Gasteiger partial charge is 0.254 e. The molecule has 5 heteroatoms. The fraction of sp³-hybridized carbons (Fsp3) is 0.300. The van der Waals surface area contributed by atoms with E-state index in [4.69, 9.17) is 10.2 Å². The maximum Gasteiger partial charge on any atom is 0.254 e. The summed E-state index contributed by atoms with van der Waals surface area (Å²) in [6.45, 7) is 3.46. The first-order valence-electron chi connectivity index (χ1n) is 4.44. The zero-order valence-electron chi connectivity index (χ0n) is 8.41. The minimum absolute atomic E-state index is 0.132. The fourth-order valence-corrected chi connectivity index (χ4v) is 1.07. The van der Waals surface area contributed by atoms with E-state index in [9.17, 15) is 9.18 Å². The molecule has 0 saturated heterocycles. The lowest BCUT2D eigenvalue weighted by Gasteiger charge is -2.09. The first-order valence-corrected chi connectivity index (χ1v) is 4.44. The van der Waals surface area contributed by atoms with Crippen LogP contribution < -0.4 is 5.32 Å². The van der Waals surface area contributed by atoms with E-state index >= 15 is 0 Å². The van der Waals surface area contributed by atoms with Crippen molar-refractivity contribution in [3.05, 3.63) is 23.5 Å². The Hall–Kier alpha value is -1.78. The van der Waals surface area contributed by atoms with Crippen LogP contribution in [0.1, 0.15) is 24.2 Å². The van der Waals surface area contributed by atoms with Crippen molar-refractivity contribution in [1.82, 2.24) is 5.32 Å². The van der Waals surface area contributed by atoms with Crippen LogP contribution in [-0.4, -0.2) is 22.2 Å². The molecular formula is C10H12FNO3.